The molecule has 1 rings (SSSR count). The van der Waals surface area contributed by atoms with Gasteiger partial charge in [-0.1, -0.05) is 6.92 Å². The second-order valence-corrected chi connectivity index (χ2v) is 3.08. The summed E-state index contributed by atoms with van der Waals surface area (Å²) >= 11 is 0. The van der Waals surface area contributed by atoms with E-state index < -0.39 is 5.97 Å². The highest BCUT2D eigenvalue weighted by Crippen LogP contribution is 2.15. The van der Waals surface area contributed by atoms with Crippen LogP contribution in [0, 0.1) is 0 Å². The Morgan fingerprint density at radius 2 is 2.40 bits per heavy atom. The number of hydrogen-bond acceptors (Lipinski definition) is 5. The summed E-state index contributed by atoms with van der Waals surface area (Å²) in [7, 11) is 1.32. The van der Waals surface area contributed by atoms with Crippen molar-refractivity contribution in [1.82, 2.24) is 4.98 Å². The zero-order chi connectivity index (χ0) is 11.3. The standard InChI is InChI=1S/C10H15N3O2/c1-3-4-12-9-5-7(10(14)15-2)8(11)6-13-9/h5-6H,3-4,11H2,1-2H3,(H,12,13). The fourth-order valence-electron chi connectivity index (χ4n) is 1.10. The molecule has 0 aliphatic carbocycles. The molecular formula is C10H15N3O2. The van der Waals surface area contributed by atoms with Gasteiger partial charge in [0.25, 0.3) is 0 Å². The van der Waals surface area contributed by atoms with Gasteiger partial charge in [0, 0.05) is 6.54 Å². The van der Waals surface area contributed by atoms with Crippen molar-refractivity contribution < 1.29 is 9.53 Å². The Morgan fingerprint density at radius 1 is 1.67 bits per heavy atom. The second kappa shape index (κ2) is 5.19. The van der Waals surface area contributed by atoms with E-state index >= 15 is 0 Å². The van der Waals surface area contributed by atoms with Crippen LogP contribution in [0.2, 0.25) is 0 Å². The SMILES string of the molecule is CCCNc1cc(C(=O)OC)c(N)cn1. The van der Waals surface area contributed by atoms with Gasteiger partial charge in [0.1, 0.15) is 5.82 Å². The van der Waals surface area contributed by atoms with E-state index in [1.807, 2.05) is 6.92 Å². The Labute approximate surface area is 88.6 Å². The molecule has 0 radical (unpaired) electrons. The Balaban J connectivity index is 2.89. The Kier molecular flexibility index (Phi) is 3.91. The molecule has 0 aliphatic rings. The fourth-order valence-corrected chi connectivity index (χ4v) is 1.10. The van der Waals surface area contributed by atoms with Crippen LogP contribution in [0.1, 0.15) is 23.7 Å². The number of nitrogen functional groups attached to an aromatic ring is 1. The van der Waals surface area contributed by atoms with Crippen molar-refractivity contribution in [2.75, 3.05) is 24.7 Å². The number of aromatic nitrogens is 1. The number of anilines is 2. The summed E-state index contributed by atoms with van der Waals surface area (Å²) in [4.78, 5) is 15.4. The van der Waals surface area contributed by atoms with Crippen LogP contribution in [-0.2, 0) is 4.74 Å². The van der Waals surface area contributed by atoms with Crippen LogP contribution < -0.4 is 11.1 Å². The number of carbonyl (C=O) groups is 1. The number of hydrogen-bond donors (Lipinski definition) is 2. The first kappa shape index (κ1) is 11.3. The van der Waals surface area contributed by atoms with E-state index in [0.717, 1.165) is 13.0 Å². The summed E-state index contributed by atoms with van der Waals surface area (Å²) in [5.74, 6) is 0.181. The monoisotopic (exact) mass is 209 g/mol. The van der Waals surface area contributed by atoms with E-state index in [1.165, 1.54) is 13.3 Å². The normalized spacial score (nSPS) is 9.73. The van der Waals surface area contributed by atoms with Crippen LogP contribution in [0.4, 0.5) is 11.5 Å². The molecule has 0 amide bonds. The quantitative estimate of drug-likeness (QED) is 0.730. The molecule has 0 bridgehead atoms. The highest BCUT2D eigenvalue weighted by molar-refractivity contribution is 5.95. The van der Waals surface area contributed by atoms with Crippen LogP contribution in [0.5, 0.6) is 0 Å². The molecule has 15 heavy (non-hydrogen) atoms. The van der Waals surface area contributed by atoms with Crippen LogP contribution in [0.3, 0.4) is 0 Å². The molecule has 0 saturated carbocycles. The topological polar surface area (TPSA) is 77.2 Å². The number of nitrogens with zero attached hydrogens (tertiary/aromatic N) is 1. The minimum atomic E-state index is -0.450. The third-order valence-corrected chi connectivity index (χ3v) is 1.90. The molecule has 0 atom stereocenters. The number of nitrogens with two attached hydrogens (primary N) is 1. The molecular weight excluding hydrogens is 194 g/mol. The van der Waals surface area contributed by atoms with Gasteiger partial charge in [-0.25, -0.2) is 9.78 Å². The molecule has 82 valence electrons. The van der Waals surface area contributed by atoms with Gasteiger partial charge < -0.3 is 15.8 Å². The molecule has 0 aromatic carbocycles. The Hall–Kier alpha value is -1.78. The van der Waals surface area contributed by atoms with Crippen molar-refractivity contribution >= 4 is 17.5 Å². The van der Waals surface area contributed by atoms with Crippen LogP contribution in [0.25, 0.3) is 0 Å². The summed E-state index contributed by atoms with van der Waals surface area (Å²) in [6.07, 6.45) is 2.43. The number of esters is 1. The average Bonchev–Trinajstić information content (AvgIpc) is 2.27. The van der Waals surface area contributed by atoms with Gasteiger partial charge in [0.15, 0.2) is 0 Å². The molecule has 3 N–H and O–H groups in total. The van der Waals surface area contributed by atoms with Crippen molar-refractivity contribution in [1.29, 1.82) is 0 Å². The molecule has 0 spiro atoms. The average molecular weight is 209 g/mol. The van der Waals surface area contributed by atoms with Gasteiger partial charge in [0.05, 0.1) is 24.6 Å². The van der Waals surface area contributed by atoms with Crippen LogP contribution >= 0.6 is 0 Å². The molecule has 0 aliphatic heterocycles. The number of rotatable bonds is 4. The first-order valence-corrected chi connectivity index (χ1v) is 4.76. The maximum Gasteiger partial charge on any atom is 0.340 e. The van der Waals surface area contributed by atoms with Crippen molar-refractivity contribution in [3.63, 3.8) is 0 Å². The zero-order valence-corrected chi connectivity index (χ0v) is 8.91. The van der Waals surface area contributed by atoms with Crippen molar-refractivity contribution in [2.45, 2.75) is 13.3 Å². The molecule has 0 unspecified atom stereocenters. The first-order chi connectivity index (χ1) is 7.19. The lowest BCUT2D eigenvalue weighted by molar-refractivity contribution is 0.0602. The lowest BCUT2D eigenvalue weighted by atomic mass is 10.2. The van der Waals surface area contributed by atoms with E-state index in [4.69, 9.17) is 5.73 Å². The maximum atomic E-state index is 11.3. The Morgan fingerprint density at radius 3 is 3.00 bits per heavy atom. The molecule has 5 heteroatoms. The van der Waals surface area contributed by atoms with E-state index in [-0.39, 0.29) is 0 Å². The fraction of sp³-hybridized carbons (Fsp3) is 0.400. The second-order valence-electron chi connectivity index (χ2n) is 3.08. The Bertz CT molecular complexity index is 353. The zero-order valence-electron chi connectivity index (χ0n) is 8.91. The van der Waals surface area contributed by atoms with E-state index in [2.05, 4.69) is 15.0 Å². The molecule has 1 aromatic heterocycles. The molecule has 1 aromatic rings. The number of pyridine rings is 1. The van der Waals surface area contributed by atoms with Crippen molar-refractivity contribution in [2.24, 2.45) is 0 Å². The van der Waals surface area contributed by atoms with Crippen LogP contribution in [0.15, 0.2) is 12.3 Å². The third-order valence-electron chi connectivity index (χ3n) is 1.90. The van der Waals surface area contributed by atoms with Gasteiger partial charge in [-0.15, -0.1) is 0 Å². The smallest absolute Gasteiger partial charge is 0.340 e. The number of ether oxygens (including phenoxy) is 1. The molecule has 1 heterocycles. The summed E-state index contributed by atoms with van der Waals surface area (Å²) in [5, 5.41) is 3.07. The number of nitrogens with one attached hydrogen (secondary N) is 1. The van der Waals surface area contributed by atoms with Gasteiger partial charge in [-0.2, -0.15) is 0 Å². The van der Waals surface area contributed by atoms with E-state index in [9.17, 15) is 4.79 Å². The van der Waals surface area contributed by atoms with E-state index in [1.54, 1.807) is 6.07 Å². The lowest BCUT2D eigenvalue weighted by Crippen LogP contribution is -2.09. The largest absolute Gasteiger partial charge is 0.465 e. The number of carbonyl (C=O) groups excluding carboxylic acids is 1. The number of methoxy groups -OCH3 is 1. The molecule has 0 saturated heterocycles. The predicted octanol–water partition coefficient (Wildman–Crippen LogP) is 1.27. The first-order valence-electron chi connectivity index (χ1n) is 4.76. The van der Waals surface area contributed by atoms with Gasteiger partial charge in [-0.05, 0) is 12.5 Å². The third kappa shape index (κ3) is 2.83. The van der Waals surface area contributed by atoms with Crippen molar-refractivity contribution in [3.8, 4) is 0 Å². The predicted molar refractivity (Wildman–Crippen MR) is 58.8 cm³/mol. The highest BCUT2D eigenvalue weighted by atomic mass is 16.5. The summed E-state index contributed by atoms with van der Waals surface area (Å²) in [6, 6.07) is 1.59. The van der Waals surface area contributed by atoms with Gasteiger partial charge in [0.2, 0.25) is 0 Å². The van der Waals surface area contributed by atoms with Gasteiger partial charge >= 0.3 is 5.97 Å². The summed E-state index contributed by atoms with van der Waals surface area (Å²) in [6.45, 7) is 2.85. The lowest BCUT2D eigenvalue weighted by Gasteiger charge is -2.07. The molecule has 0 fully saturated rings. The van der Waals surface area contributed by atoms with Crippen LogP contribution in [-0.4, -0.2) is 24.6 Å². The summed E-state index contributed by atoms with van der Waals surface area (Å²) in [5.41, 5.74) is 6.27. The van der Waals surface area contributed by atoms with Gasteiger partial charge in [-0.3, -0.25) is 0 Å². The van der Waals surface area contributed by atoms with Crippen molar-refractivity contribution in [3.05, 3.63) is 17.8 Å². The summed E-state index contributed by atoms with van der Waals surface area (Å²) < 4.78 is 4.60. The highest BCUT2D eigenvalue weighted by Gasteiger charge is 2.11. The minimum Gasteiger partial charge on any atom is -0.465 e. The minimum absolute atomic E-state index is 0.323. The maximum absolute atomic E-state index is 11.3. The molecule has 5 nitrogen and oxygen atoms in total. The van der Waals surface area contributed by atoms with E-state index in [0.29, 0.717) is 17.1 Å².